The molecule has 0 aromatic heterocycles. The molecule has 1 aromatic rings. The van der Waals surface area contributed by atoms with Gasteiger partial charge in [0.1, 0.15) is 5.16 Å². The van der Waals surface area contributed by atoms with Crippen LogP contribution in [-0.2, 0) is 15.8 Å². The van der Waals surface area contributed by atoms with E-state index in [1.807, 2.05) is 30.3 Å². The first kappa shape index (κ1) is 19.2. The molecule has 3 unspecified atom stereocenters. The number of carbonyl (C=O) groups is 1. The Kier molecular flexibility index (Phi) is 6.62. The largest absolute Gasteiger partial charge is 0.480 e. The van der Waals surface area contributed by atoms with Crippen LogP contribution in [0, 0.1) is 5.92 Å². The first-order valence-electron chi connectivity index (χ1n) is 8.70. The molecular weight excluding hydrogens is 325 g/mol. The average Bonchev–Trinajstić information content (AvgIpc) is 2.55. The van der Waals surface area contributed by atoms with E-state index in [1.165, 1.54) is 0 Å². The molecule has 1 fully saturated rings. The minimum absolute atomic E-state index is 0.105. The summed E-state index contributed by atoms with van der Waals surface area (Å²) in [4.78, 5) is 22.4. The highest BCUT2D eigenvalue weighted by molar-refractivity contribution is 7.60. The molecule has 0 amide bonds. The smallest absolute Gasteiger partial charge is 0.319 e. The van der Waals surface area contributed by atoms with E-state index in [9.17, 15) is 19.4 Å². The Balaban J connectivity index is 2.14. The lowest BCUT2D eigenvalue weighted by molar-refractivity contribution is -0.141. The van der Waals surface area contributed by atoms with Gasteiger partial charge in [-0.3, -0.25) is 9.36 Å². The van der Waals surface area contributed by atoms with Crippen LogP contribution in [0.2, 0.25) is 0 Å². The predicted molar refractivity (Wildman–Crippen MR) is 95.5 cm³/mol. The fraction of sp³-hybridized carbons (Fsp3) is 0.611. The zero-order valence-electron chi connectivity index (χ0n) is 14.1. The van der Waals surface area contributed by atoms with E-state index in [0.29, 0.717) is 19.4 Å². The Hall–Kier alpha value is -1.16. The molecule has 1 aliphatic heterocycles. The van der Waals surface area contributed by atoms with Crippen molar-refractivity contribution in [2.45, 2.75) is 50.1 Å². The summed E-state index contributed by atoms with van der Waals surface area (Å²) in [5.74, 6) is -0.980. The van der Waals surface area contributed by atoms with Gasteiger partial charge in [0.2, 0.25) is 7.37 Å². The van der Waals surface area contributed by atoms with Crippen molar-refractivity contribution in [2.24, 2.45) is 11.7 Å². The van der Waals surface area contributed by atoms with Gasteiger partial charge in [0.05, 0.1) is 0 Å². The molecule has 5 nitrogen and oxygen atoms in total. The Bertz CT molecular complexity index is 592. The van der Waals surface area contributed by atoms with Gasteiger partial charge in [0.25, 0.3) is 0 Å². The van der Waals surface area contributed by atoms with E-state index in [-0.39, 0.29) is 24.9 Å². The van der Waals surface area contributed by atoms with Crippen LogP contribution in [0.5, 0.6) is 0 Å². The van der Waals surface area contributed by atoms with E-state index in [1.54, 1.807) is 0 Å². The Morgan fingerprint density at radius 2 is 1.96 bits per heavy atom. The van der Waals surface area contributed by atoms with Gasteiger partial charge >= 0.3 is 5.97 Å². The van der Waals surface area contributed by atoms with Crippen LogP contribution in [0.15, 0.2) is 30.3 Å². The number of hydrogen-bond donors (Lipinski definition) is 3. The number of aliphatic carboxylic acids is 1. The van der Waals surface area contributed by atoms with Crippen molar-refractivity contribution in [1.82, 2.24) is 0 Å². The number of hydrogen-bond acceptors (Lipinski definition) is 3. The van der Waals surface area contributed by atoms with Crippen molar-refractivity contribution in [1.29, 1.82) is 0 Å². The van der Waals surface area contributed by atoms with Crippen molar-refractivity contribution < 1.29 is 19.4 Å². The van der Waals surface area contributed by atoms with Crippen LogP contribution in [0.25, 0.3) is 0 Å². The quantitative estimate of drug-likeness (QED) is 0.492. The molecule has 0 aliphatic carbocycles. The minimum Gasteiger partial charge on any atom is -0.480 e. The van der Waals surface area contributed by atoms with Crippen LogP contribution in [-0.4, -0.2) is 33.8 Å². The first-order chi connectivity index (χ1) is 11.4. The summed E-state index contributed by atoms with van der Waals surface area (Å²) in [7, 11) is -3.71. The number of carboxylic acid groups (broad SMARTS) is 1. The summed E-state index contributed by atoms with van der Waals surface area (Å²) < 4.78 is 12.7. The first-order valence-corrected chi connectivity index (χ1v) is 10.5. The molecule has 1 aliphatic rings. The zero-order chi connectivity index (χ0) is 17.6. The van der Waals surface area contributed by atoms with Crippen molar-refractivity contribution in [3.05, 3.63) is 35.9 Å². The van der Waals surface area contributed by atoms with E-state index >= 15 is 0 Å². The van der Waals surface area contributed by atoms with Crippen molar-refractivity contribution in [2.75, 3.05) is 12.7 Å². The van der Waals surface area contributed by atoms with Gasteiger partial charge in [-0.1, -0.05) is 43.2 Å². The number of nitrogens with two attached hydrogens (primary N) is 1. The van der Waals surface area contributed by atoms with Crippen LogP contribution in [0.4, 0.5) is 0 Å². The average molecular weight is 353 g/mol. The second-order valence-corrected chi connectivity index (χ2v) is 9.62. The molecule has 0 saturated carbocycles. The highest BCUT2D eigenvalue weighted by Gasteiger charge is 2.56. The van der Waals surface area contributed by atoms with Gasteiger partial charge in [-0.15, -0.1) is 0 Å². The lowest BCUT2D eigenvalue weighted by Gasteiger charge is -2.41. The third-order valence-electron chi connectivity index (χ3n) is 5.20. The van der Waals surface area contributed by atoms with Crippen LogP contribution >= 0.6 is 7.37 Å². The third-order valence-corrected chi connectivity index (χ3v) is 7.99. The molecule has 0 bridgehead atoms. The summed E-state index contributed by atoms with van der Waals surface area (Å²) in [5, 5.41) is 8.32. The van der Waals surface area contributed by atoms with E-state index in [2.05, 4.69) is 0 Å². The maximum Gasteiger partial charge on any atom is 0.319 e. The van der Waals surface area contributed by atoms with Gasteiger partial charge in [0.15, 0.2) is 0 Å². The molecule has 0 spiro atoms. The summed E-state index contributed by atoms with van der Waals surface area (Å²) >= 11 is 0. The summed E-state index contributed by atoms with van der Waals surface area (Å²) in [6.07, 6.45) is 4.28. The van der Waals surface area contributed by atoms with Crippen molar-refractivity contribution >= 4 is 13.3 Å². The normalized spacial score (nSPS) is 30.2. The molecule has 24 heavy (non-hydrogen) atoms. The topological polar surface area (TPSA) is 101 Å². The third kappa shape index (κ3) is 4.27. The lowest BCUT2D eigenvalue weighted by Crippen LogP contribution is -2.44. The summed E-state index contributed by atoms with van der Waals surface area (Å²) in [6, 6.07) is 9.93. The van der Waals surface area contributed by atoms with Gasteiger partial charge in [-0.25, -0.2) is 0 Å². The van der Waals surface area contributed by atoms with Gasteiger partial charge in [0, 0.05) is 6.16 Å². The minimum atomic E-state index is -3.71. The van der Waals surface area contributed by atoms with Crippen molar-refractivity contribution in [3.8, 4) is 0 Å². The number of rotatable bonds is 8. The maximum absolute atomic E-state index is 12.7. The fourth-order valence-electron chi connectivity index (χ4n) is 3.77. The molecule has 6 heteroatoms. The van der Waals surface area contributed by atoms with E-state index in [0.717, 1.165) is 24.8 Å². The monoisotopic (exact) mass is 353 g/mol. The maximum atomic E-state index is 12.7. The van der Waals surface area contributed by atoms with Crippen LogP contribution < -0.4 is 5.73 Å². The number of carboxylic acids is 1. The molecule has 0 radical (unpaired) electrons. The molecule has 1 heterocycles. The van der Waals surface area contributed by atoms with Gasteiger partial charge < -0.3 is 15.7 Å². The highest BCUT2D eigenvalue weighted by atomic mass is 31.2. The Morgan fingerprint density at radius 1 is 1.25 bits per heavy atom. The molecular formula is C18H28NO4P. The van der Waals surface area contributed by atoms with Crippen LogP contribution in [0.3, 0.4) is 0 Å². The SMILES string of the molecule is NCCCCCC1(C(=O)O)CC(Cc2ccccc2)CCP1(=O)O. The molecule has 134 valence electrons. The van der Waals surface area contributed by atoms with Gasteiger partial charge in [-0.2, -0.15) is 0 Å². The van der Waals surface area contributed by atoms with E-state index in [4.69, 9.17) is 5.73 Å². The van der Waals surface area contributed by atoms with E-state index < -0.39 is 18.5 Å². The summed E-state index contributed by atoms with van der Waals surface area (Å²) in [6.45, 7) is 0.563. The molecule has 3 atom stereocenters. The molecule has 4 N–H and O–H groups in total. The molecule has 2 rings (SSSR count). The highest BCUT2D eigenvalue weighted by Crippen LogP contribution is 2.63. The Morgan fingerprint density at radius 3 is 2.58 bits per heavy atom. The number of unbranched alkanes of at least 4 members (excludes halogenated alkanes) is 2. The molecule has 1 saturated heterocycles. The second kappa shape index (κ2) is 8.28. The standard InChI is InChI=1S/C18H28NO4P/c19-11-6-2-5-10-18(17(20)21)14-16(9-12-24(18,22)23)13-15-7-3-1-4-8-15/h1,3-4,7-8,16H,2,5-6,9-14,19H2,(H,20,21)(H,22,23). The lowest BCUT2D eigenvalue weighted by atomic mass is 9.84. The predicted octanol–water partition coefficient (Wildman–Crippen LogP) is 3.25. The fourth-order valence-corrected chi connectivity index (χ4v) is 6.27. The number of benzene rings is 1. The Labute approximate surface area is 143 Å². The van der Waals surface area contributed by atoms with Gasteiger partial charge in [-0.05, 0) is 50.1 Å². The zero-order valence-corrected chi connectivity index (χ0v) is 15.0. The second-order valence-electron chi connectivity index (χ2n) is 6.91. The van der Waals surface area contributed by atoms with Crippen molar-refractivity contribution in [3.63, 3.8) is 0 Å². The summed E-state index contributed by atoms with van der Waals surface area (Å²) in [5.41, 5.74) is 6.63. The molecule has 1 aromatic carbocycles. The van der Waals surface area contributed by atoms with Crippen LogP contribution in [0.1, 0.15) is 44.1 Å².